The molecule has 1 aromatic carbocycles. The third kappa shape index (κ3) is 4.16. The summed E-state index contributed by atoms with van der Waals surface area (Å²) in [7, 11) is 0. The lowest BCUT2D eigenvalue weighted by molar-refractivity contribution is 0.0936. The molecule has 0 aliphatic carbocycles. The lowest BCUT2D eigenvalue weighted by Crippen LogP contribution is -2.32. The zero-order valence-electron chi connectivity index (χ0n) is 17.6. The molecule has 2 amide bonds. The second-order valence-electron chi connectivity index (χ2n) is 7.67. The first-order valence-electron chi connectivity index (χ1n) is 10.0. The number of aryl methyl sites for hydroxylation is 1. The van der Waals surface area contributed by atoms with Crippen LogP contribution in [0.3, 0.4) is 0 Å². The smallest absolute Gasteiger partial charge is 0.292 e. The minimum absolute atomic E-state index is 0.0285. The van der Waals surface area contributed by atoms with Crippen molar-refractivity contribution in [2.24, 2.45) is 0 Å². The number of anilines is 1. The van der Waals surface area contributed by atoms with E-state index in [9.17, 15) is 9.59 Å². The fourth-order valence-corrected chi connectivity index (χ4v) is 3.27. The van der Waals surface area contributed by atoms with Crippen molar-refractivity contribution in [2.45, 2.75) is 53.0 Å². The van der Waals surface area contributed by atoms with Crippen LogP contribution in [-0.4, -0.2) is 27.2 Å². The molecule has 29 heavy (non-hydrogen) atoms. The molecule has 2 N–H and O–H groups in total. The maximum absolute atomic E-state index is 13.1. The molecule has 1 unspecified atom stereocenters. The second-order valence-corrected chi connectivity index (χ2v) is 7.67. The van der Waals surface area contributed by atoms with Gasteiger partial charge in [-0.2, -0.15) is 0 Å². The number of pyridine rings is 1. The van der Waals surface area contributed by atoms with Crippen molar-refractivity contribution in [2.75, 3.05) is 5.32 Å². The third-order valence-electron chi connectivity index (χ3n) is 5.12. The van der Waals surface area contributed by atoms with E-state index in [-0.39, 0.29) is 35.3 Å². The van der Waals surface area contributed by atoms with E-state index in [0.29, 0.717) is 5.52 Å². The van der Waals surface area contributed by atoms with Crippen molar-refractivity contribution in [1.29, 1.82) is 0 Å². The van der Waals surface area contributed by atoms with Crippen molar-refractivity contribution >= 4 is 23.0 Å². The minimum Gasteiger partial charge on any atom is -0.348 e. The van der Waals surface area contributed by atoms with Crippen molar-refractivity contribution in [3.63, 3.8) is 0 Å². The molecule has 1 atom stereocenters. The molecule has 152 valence electrons. The predicted octanol–water partition coefficient (Wildman–Crippen LogP) is 4.55. The first kappa shape index (κ1) is 20.6. The fraction of sp³-hybridized carbons (Fsp3) is 0.348. The molecule has 0 fully saturated rings. The number of hydrogen-bond acceptors (Lipinski definition) is 3. The van der Waals surface area contributed by atoms with Gasteiger partial charge in [-0.25, -0.2) is 4.98 Å². The average Bonchev–Trinajstić information content (AvgIpc) is 3.09. The Morgan fingerprint density at radius 2 is 1.83 bits per heavy atom. The molecule has 3 aromatic rings. The Bertz CT molecular complexity index is 1050. The third-order valence-corrected chi connectivity index (χ3v) is 5.12. The standard InChI is InChI=1S/C23H28N4O2/c1-6-16(5)24-22(28)20-18-12-7-8-13-27(18)21(25-20)23(29)26-19-15(4)10-9-11-17(19)14(2)3/h7-14,16H,6H2,1-5H3,(H,24,28)(H,26,29). The number of carbonyl (C=O) groups excluding carboxylic acids is 2. The lowest BCUT2D eigenvalue weighted by Gasteiger charge is -2.16. The Morgan fingerprint density at radius 1 is 1.07 bits per heavy atom. The molecule has 6 heteroatoms. The van der Waals surface area contributed by atoms with Gasteiger partial charge in [-0.15, -0.1) is 0 Å². The number of imidazole rings is 1. The number of nitrogens with zero attached hydrogens (tertiary/aromatic N) is 2. The topological polar surface area (TPSA) is 75.5 Å². The van der Waals surface area contributed by atoms with Gasteiger partial charge in [-0.3, -0.25) is 14.0 Å². The molecular weight excluding hydrogens is 364 g/mol. The number of rotatable bonds is 6. The van der Waals surface area contributed by atoms with E-state index in [1.807, 2.05) is 51.1 Å². The first-order chi connectivity index (χ1) is 13.8. The van der Waals surface area contributed by atoms with E-state index in [4.69, 9.17) is 0 Å². The summed E-state index contributed by atoms with van der Waals surface area (Å²) in [6.45, 7) is 10.1. The molecule has 0 aliphatic heterocycles. The summed E-state index contributed by atoms with van der Waals surface area (Å²) in [4.78, 5) is 30.3. The summed E-state index contributed by atoms with van der Waals surface area (Å²) < 4.78 is 1.66. The summed E-state index contributed by atoms with van der Waals surface area (Å²) >= 11 is 0. The van der Waals surface area contributed by atoms with Crippen LogP contribution in [0.1, 0.15) is 72.3 Å². The quantitative estimate of drug-likeness (QED) is 0.646. The molecule has 0 aliphatic rings. The van der Waals surface area contributed by atoms with Crippen LogP contribution in [-0.2, 0) is 0 Å². The Labute approximate surface area is 171 Å². The number of fused-ring (bicyclic) bond motifs is 1. The van der Waals surface area contributed by atoms with E-state index in [2.05, 4.69) is 29.5 Å². The van der Waals surface area contributed by atoms with Gasteiger partial charge in [0.05, 0.1) is 5.52 Å². The van der Waals surface area contributed by atoms with Crippen molar-refractivity contribution in [3.05, 3.63) is 65.2 Å². The summed E-state index contributed by atoms with van der Waals surface area (Å²) in [6.07, 6.45) is 2.56. The fourth-order valence-electron chi connectivity index (χ4n) is 3.27. The molecule has 0 spiro atoms. The van der Waals surface area contributed by atoms with E-state index < -0.39 is 0 Å². The second kappa shape index (κ2) is 8.47. The highest BCUT2D eigenvalue weighted by Gasteiger charge is 2.23. The summed E-state index contributed by atoms with van der Waals surface area (Å²) in [5.74, 6) is -0.169. The molecular formula is C23H28N4O2. The molecule has 3 rings (SSSR count). The van der Waals surface area contributed by atoms with Gasteiger partial charge < -0.3 is 10.6 Å². The number of hydrogen-bond donors (Lipinski definition) is 2. The van der Waals surface area contributed by atoms with E-state index >= 15 is 0 Å². The Kier molecular flexibility index (Phi) is 6.01. The summed E-state index contributed by atoms with van der Waals surface area (Å²) in [5, 5.41) is 5.95. The van der Waals surface area contributed by atoms with Crippen LogP contribution in [0.15, 0.2) is 42.6 Å². The highest BCUT2D eigenvalue weighted by Crippen LogP contribution is 2.28. The number of nitrogens with one attached hydrogen (secondary N) is 2. The number of para-hydroxylation sites is 1. The molecule has 2 heterocycles. The van der Waals surface area contributed by atoms with Crippen molar-refractivity contribution in [1.82, 2.24) is 14.7 Å². The molecule has 0 saturated carbocycles. The van der Waals surface area contributed by atoms with Gasteiger partial charge in [0.2, 0.25) is 5.82 Å². The van der Waals surface area contributed by atoms with E-state index in [1.165, 1.54) is 0 Å². The zero-order chi connectivity index (χ0) is 21.1. The Balaban J connectivity index is 2.01. The molecule has 0 saturated heterocycles. The van der Waals surface area contributed by atoms with Crippen molar-refractivity contribution < 1.29 is 9.59 Å². The van der Waals surface area contributed by atoms with Gasteiger partial charge in [0, 0.05) is 17.9 Å². The van der Waals surface area contributed by atoms with Crippen LogP contribution in [0.25, 0.3) is 5.52 Å². The van der Waals surface area contributed by atoms with Crippen LogP contribution in [0.5, 0.6) is 0 Å². The van der Waals surface area contributed by atoms with Gasteiger partial charge in [-0.05, 0) is 49.4 Å². The molecule has 0 radical (unpaired) electrons. The number of aromatic nitrogens is 2. The minimum atomic E-state index is -0.343. The van der Waals surface area contributed by atoms with Crippen LogP contribution in [0.2, 0.25) is 0 Å². The summed E-state index contributed by atoms with van der Waals surface area (Å²) in [6, 6.07) is 11.4. The Hall–Kier alpha value is -3.15. The zero-order valence-corrected chi connectivity index (χ0v) is 17.6. The SMILES string of the molecule is CCC(C)NC(=O)c1nc(C(=O)Nc2c(C)cccc2C(C)C)n2ccccc12. The van der Waals surface area contributed by atoms with Gasteiger partial charge in [0.25, 0.3) is 11.8 Å². The van der Waals surface area contributed by atoms with Crippen LogP contribution in [0.4, 0.5) is 5.69 Å². The normalized spacial score (nSPS) is 12.2. The monoisotopic (exact) mass is 392 g/mol. The predicted molar refractivity (Wildman–Crippen MR) is 116 cm³/mol. The number of amides is 2. The van der Waals surface area contributed by atoms with Crippen LogP contribution >= 0.6 is 0 Å². The Morgan fingerprint density at radius 3 is 2.52 bits per heavy atom. The maximum Gasteiger partial charge on any atom is 0.292 e. The van der Waals surface area contributed by atoms with E-state index in [0.717, 1.165) is 23.2 Å². The van der Waals surface area contributed by atoms with E-state index in [1.54, 1.807) is 16.7 Å². The largest absolute Gasteiger partial charge is 0.348 e. The highest BCUT2D eigenvalue weighted by atomic mass is 16.2. The van der Waals surface area contributed by atoms with Crippen LogP contribution in [0, 0.1) is 6.92 Å². The highest BCUT2D eigenvalue weighted by molar-refractivity contribution is 6.06. The molecule has 0 bridgehead atoms. The lowest BCUT2D eigenvalue weighted by atomic mass is 9.98. The number of carbonyl (C=O) groups is 2. The molecule has 6 nitrogen and oxygen atoms in total. The average molecular weight is 393 g/mol. The van der Waals surface area contributed by atoms with Gasteiger partial charge >= 0.3 is 0 Å². The molecule has 2 aromatic heterocycles. The van der Waals surface area contributed by atoms with Crippen molar-refractivity contribution in [3.8, 4) is 0 Å². The van der Waals surface area contributed by atoms with Gasteiger partial charge in [0.1, 0.15) is 0 Å². The number of benzene rings is 1. The van der Waals surface area contributed by atoms with Crippen LogP contribution < -0.4 is 10.6 Å². The first-order valence-corrected chi connectivity index (χ1v) is 10.0. The van der Waals surface area contributed by atoms with Gasteiger partial charge in [0.15, 0.2) is 5.69 Å². The van der Waals surface area contributed by atoms with Gasteiger partial charge in [-0.1, -0.05) is 45.0 Å². The maximum atomic E-state index is 13.1. The summed E-state index contributed by atoms with van der Waals surface area (Å²) in [5.41, 5.74) is 3.71.